The molecule has 0 heterocycles. The molecule has 4 heteroatoms. The van der Waals surface area contributed by atoms with Crippen LogP contribution in [-0.2, 0) is 4.74 Å². The molecule has 0 amide bonds. The predicted octanol–water partition coefficient (Wildman–Crippen LogP) is 2.71. The number of rotatable bonds is 1. The van der Waals surface area contributed by atoms with Crippen LogP contribution in [0.25, 0.3) is 0 Å². The zero-order valence-corrected chi connectivity index (χ0v) is 6.53. The van der Waals surface area contributed by atoms with Crippen molar-refractivity contribution >= 4 is 0 Å². The van der Waals surface area contributed by atoms with E-state index in [1.54, 1.807) is 0 Å². The fraction of sp³-hybridized carbons (Fsp3) is 1.00. The lowest BCUT2D eigenvalue weighted by molar-refractivity contribution is -0.379. The lowest BCUT2D eigenvalue weighted by atomic mass is 9.73. The van der Waals surface area contributed by atoms with E-state index in [1.165, 1.54) is 6.92 Å². The molecule has 1 saturated carbocycles. The summed E-state index contributed by atoms with van der Waals surface area (Å²) in [6.07, 6.45) is -3.46. The highest BCUT2D eigenvalue weighted by Gasteiger charge is 2.47. The van der Waals surface area contributed by atoms with Gasteiger partial charge in [-0.15, -0.1) is 13.2 Å². The SMILES string of the molecule is CC1CC(C)(OC(F)(F)F)C1. The molecule has 11 heavy (non-hydrogen) atoms. The van der Waals surface area contributed by atoms with E-state index in [1.807, 2.05) is 6.92 Å². The summed E-state index contributed by atoms with van der Waals surface area (Å²) in [7, 11) is 0. The van der Waals surface area contributed by atoms with E-state index in [9.17, 15) is 13.2 Å². The quantitative estimate of drug-likeness (QED) is 0.585. The van der Waals surface area contributed by atoms with Crippen LogP contribution in [0.4, 0.5) is 13.2 Å². The summed E-state index contributed by atoms with van der Waals surface area (Å²) < 4.78 is 39.0. The van der Waals surface area contributed by atoms with Gasteiger partial charge < -0.3 is 0 Å². The second kappa shape index (κ2) is 2.37. The molecule has 0 N–H and O–H groups in total. The van der Waals surface area contributed by atoms with Crippen molar-refractivity contribution in [2.75, 3.05) is 0 Å². The van der Waals surface area contributed by atoms with E-state index in [0.717, 1.165) is 0 Å². The molecular formula is C7H11F3O. The number of halogens is 3. The van der Waals surface area contributed by atoms with Gasteiger partial charge in [0.2, 0.25) is 0 Å². The minimum atomic E-state index is -4.48. The molecule has 0 spiro atoms. The zero-order chi connectivity index (χ0) is 8.70. The summed E-state index contributed by atoms with van der Waals surface area (Å²) in [5.74, 6) is 0.363. The molecule has 0 saturated heterocycles. The number of hydrogen-bond donors (Lipinski definition) is 0. The highest BCUT2D eigenvalue weighted by Crippen LogP contribution is 2.43. The summed E-state index contributed by atoms with van der Waals surface area (Å²) in [6, 6.07) is 0. The maximum absolute atomic E-state index is 11.7. The zero-order valence-electron chi connectivity index (χ0n) is 6.53. The minimum Gasteiger partial charge on any atom is -0.286 e. The topological polar surface area (TPSA) is 9.23 Å². The molecule has 0 aromatic rings. The molecule has 1 fully saturated rings. The van der Waals surface area contributed by atoms with E-state index in [4.69, 9.17) is 0 Å². The van der Waals surface area contributed by atoms with Gasteiger partial charge in [-0.05, 0) is 25.7 Å². The monoisotopic (exact) mass is 168 g/mol. The summed E-state index contributed by atoms with van der Waals surface area (Å²) in [4.78, 5) is 0. The summed E-state index contributed by atoms with van der Waals surface area (Å²) in [6.45, 7) is 3.42. The molecule has 0 aliphatic heterocycles. The standard InChI is InChI=1S/C7H11F3O/c1-5-3-6(2,4-5)11-7(8,9)10/h5H,3-4H2,1-2H3. The molecule has 0 aromatic heterocycles. The van der Waals surface area contributed by atoms with Gasteiger partial charge in [0.25, 0.3) is 0 Å². The fourth-order valence-electron chi connectivity index (χ4n) is 1.78. The second-order valence-electron chi connectivity index (χ2n) is 3.51. The Morgan fingerprint density at radius 1 is 1.36 bits per heavy atom. The average Bonchev–Trinajstić information content (AvgIpc) is 1.53. The van der Waals surface area contributed by atoms with Crippen LogP contribution in [0, 0.1) is 5.92 Å². The first-order valence-corrected chi connectivity index (χ1v) is 3.58. The Morgan fingerprint density at radius 2 is 1.82 bits per heavy atom. The molecule has 1 aliphatic rings. The van der Waals surface area contributed by atoms with Gasteiger partial charge in [0.15, 0.2) is 0 Å². The molecule has 0 aromatic carbocycles. The van der Waals surface area contributed by atoms with Crippen LogP contribution < -0.4 is 0 Å². The highest BCUT2D eigenvalue weighted by molar-refractivity contribution is 4.90. The van der Waals surface area contributed by atoms with Crippen LogP contribution in [0.1, 0.15) is 26.7 Å². The average molecular weight is 168 g/mol. The molecule has 1 aliphatic carbocycles. The van der Waals surface area contributed by atoms with Crippen LogP contribution in [0.5, 0.6) is 0 Å². The smallest absolute Gasteiger partial charge is 0.286 e. The van der Waals surface area contributed by atoms with Gasteiger partial charge >= 0.3 is 6.36 Å². The van der Waals surface area contributed by atoms with E-state index in [-0.39, 0.29) is 0 Å². The van der Waals surface area contributed by atoms with Gasteiger partial charge in [-0.25, -0.2) is 0 Å². The molecule has 66 valence electrons. The third-order valence-electron chi connectivity index (χ3n) is 1.92. The molecule has 0 bridgehead atoms. The number of alkyl halides is 3. The largest absolute Gasteiger partial charge is 0.523 e. The van der Waals surface area contributed by atoms with E-state index in [2.05, 4.69) is 4.74 Å². The first-order valence-electron chi connectivity index (χ1n) is 3.58. The maximum Gasteiger partial charge on any atom is 0.523 e. The Balaban J connectivity index is 2.38. The Labute approximate surface area is 63.5 Å². The molecule has 0 unspecified atom stereocenters. The Bertz CT molecular complexity index is 146. The van der Waals surface area contributed by atoms with Crippen molar-refractivity contribution in [2.45, 2.75) is 38.7 Å². The second-order valence-corrected chi connectivity index (χ2v) is 3.51. The Hall–Kier alpha value is -0.250. The van der Waals surface area contributed by atoms with Crippen molar-refractivity contribution in [3.05, 3.63) is 0 Å². The van der Waals surface area contributed by atoms with Gasteiger partial charge in [0, 0.05) is 0 Å². The molecule has 1 rings (SSSR count). The molecule has 0 atom stereocenters. The fourth-order valence-corrected chi connectivity index (χ4v) is 1.78. The maximum atomic E-state index is 11.7. The predicted molar refractivity (Wildman–Crippen MR) is 33.9 cm³/mol. The minimum absolute atomic E-state index is 0.363. The molecule has 0 radical (unpaired) electrons. The first-order chi connectivity index (χ1) is 4.81. The van der Waals surface area contributed by atoms with Crippen LogP contribution in [0.2, 0.25) is 0 Å². The lowest BCUT2D eigenvalue weighted by Gasteiger charge is -2.43. The Kier molecular flexibility index (Phi) is 1.90. The van der Waals surface area contributed by atoms with Crippen molar-refractivity contribution in [2.24, 2.45) is 5.92 Å². The van der Waals surface area contributed by atoms with Gasteiger partial charge in [-0.2, -0.15) is 0 Å². The van der Waals surface area contributed by atoms with Crippen molar-refractivity contribution in [1.29, 1.82) is 0 Å². The van der Waals surface area contributed by atoms with E-state index in [0.29, 0.717) is 18.8 Å². The van der Waals surface area contributed by atoms with Crippen molar-refractivity contribution in [1.82, 2.24) is 0 Å². The lowest BCUT2D eigenvalue weighted by Crippen LogP contribution is -2.45. The van der Waals surface area contributed by atoms with E-state index >= 15 is 0 Å². The van der Waals surface area contributed by atoms with Crippen LogP contribution in [-0.4, -0.2) is 12.0 Å². The molecular weight excluding hydrogens is 157 g/mol. The summed E-state index contributed by atoms with van der Waals surface area (Å²) in [5, 5.41) is 0. The van der Waals surface area contributed by atoms with E-state index < -0.39 is 12.0 Å². The molecule has 1 nitrogen and oxygen atoms in total. The third kappa shape index (κ3) is 2.36. The van der Waals surface area contributed by atoms with Crippen LogP contribution in [0.15, 0.2) is 0 Å². The summed E-state index contributed by atoms with van der Waals surface area (Å²) in [5.41, 5.74) is -0.947. The number of hydrogen-bond acceptors (Lipinski definition) is 1. The van der Waals surface area contributed by atoms with Crippen molar-refractivity contribution in [3.8, 4) is 0 Å². The summed E-state index contributed by atoms with van der Waals surface area (Å²) >= 11 is 0. The number of ether oxygens (including phenoxy) is 1. The van der Waals surface area contributed by atoms with Crippen molar-refractivity contribution in [3.63, 3.8) is 0 Å². The van der Waals surface area contributed by atoms with Gasteiger partial charge in [0.1, 0.15) is 0 Å². The van der Waals surface area contributed by atoms with Crippen LogP contribution in [0.3, 0.4) is 0 Å². The third-order valence-corrected chi connectivity index (χ3v) is 1.92. The highest BCUT2D eigenvalue weighted by atomic mass is 19.4. The normalized spacial score (nSPS) is 38.5. The van der Waals surface area contributed by atoms with Gasteiger partial charge in [0.05, 0.1) is 5.60 Å². The Morgan fingerprint density at radius 3 is 2.09 bits per heavy atom. The van der Waals surface area contributed by atoms with Gasteiger partial charge in [-0.1, -0.05) is 6.92 Å². The van der Waals surface area contributed by atoms with Gasteiger partial charge in [-0.3, -0.25) is 4.74 Å². The van der Waals surface area contributed by atoms with Crippen molar-refractivity contribution < 1.29 is 17.9 Å². The van der Waals surface area contributed by atoms with Crippen LogP contribution >= 0.6 is 0 Å². The first kappa shape index (κ1) is 8.84.